The van der Waals surface area contributed by atoms with Crippen LogP contribution >= 0.6 is 23.5 Å². The van der Waals surface area contributed by atoms with Crippen LogP contribution in [0.4, 0.5) is 0 Å². The number of benzene rings is 1. The summed E-state index contributed by atoms with van der Waals surface area (Å²) < 4.78 is 0. The molecule has 2 saturated heterocycles. The summed E-state index contributed by atoms with van der Waals surface area (Å²) in [6, 6.07) is 10.5. The Labute approximate surface area is 164 Å². The summed E-state index contributed by atoms with van der Waals surface area (Å²) in [5.41, 5.74) is 0. The number of hydrogen-bond donors (Lipinski definition) is 1. The summed E-state index contributed by atoms with van der Waals surface area (Å²) in [7, 11) is 0. The second kappa shape index (κ2) is 9.65. The van der Waals surface area contributed by atoms with Crippen LogP contribution < -0.4 is 0 Å². The number of thioether (sulfide) groups is 2. The molecule has 5 heteroatoms. The Bertz CT molecular complexity index is 644. The lowest BCUT2D eigenvalue weighted by Gasteiger charge is -2.27. The Morgan fingerprint density at radius 3 is 2.73 bits per heavy atom. The van der Waals surface area contributed by atoms with E-state index in [0.29, 0.717) is 29.3 Å². The highest BCUT2D eigenvalue weighted by atomic mass is 32.2. The number of carboxylic acid groups (broad SMARTS) is 1. The van der Waals surface area contributed by atoms with Crippen LogP contribution in [-0.4, -0.2) is 33.1 Å². The summed E-state index contributed by atoms with van der Waals surface area (Å²) in [6.07, 6.45) is 8.55. The van der Waals surface area contributed by atoms with Crippen molar-refractivity contribution in [2.75, 3.05) is 5.75 Å². The molecule has 0 spiro atoms. The number of hydrogen-bond acceptors (Lipinski definition) is 4. The molecule has 3 rings (SSSR count). The molecule has 2 heterocycles. The molecule has 0 amide bonds. The molecule has 4 atom stereocenters. The van der Waals surface area contributed by atoms with E-state index in [4.69, 9.17) is 5.11 Å². The van der Waals surface area contributed by atoms with Gasteiger partial charge in [-0.3, -0.25) is 9.59 Å². The first kappa shape index (κ1) is 19.6. The second-order valence-electron chi connectivity index (χ2n) is 7.02. The SMILES string of the molecule is O=C(O)CCCC=CC(=O)[C@@H]1[C@H](CCSc2ccccc2)[C@@H]2CC[C@H]1S2. The van der Waals surface area contributed by atoms with E-state index in [0.717, 1.165) is 12.2 Å². The number of unbranched alkanes of at least 4 members (excludes halogenated alkanes) is 1. The number of carbonyl (C=O) groups is 2. The third-order valence-corrected chi connectivity index (χ3v) is 8.12. The highest BCUT2D eigenvalue weighted by molar-refractivity contribution is 8.01. The van der Waals surface area contributed by atoms with E-state index in [-0.39, 0.29) is 18.1 Å². The molecule has 0 saturated carbocycles. The molecule has 140 valence electrons. The fraction of sp³-hybridized carbons (Fsp3) is 0.524. The normalized spacial score (nSPS) is 27.2. The molecule has 2 bridgehead atoms. The fourth-order valence-electron chi connectivity index (χ4n) is 4.05. The lowest BCUT2D eigenvalue weighted by molar-refractivity contribution is -0.137. The van der Waals surface area contributed by atoms with Crippen molar-refractivity contribution < 1.29 is 14.7 Å². The van der Waals surface area contributed by atoms with Crippen LogP contribution in [0.3, 0.4) is 0 Å². The first-order valence-electron chi connectivity index (χ1n) is 9.40. The van der Waals surface area contributed by atoms with Gasteiger partial charge in [-0.2, -0.15) is 11.8 Å². The van der Waals surface area contributed by atoms with Gasteiger partial charge in [-0.25, -0.2) is 0 Å². The van der Waals surface area contributed by atoms with Crippen molar-refractivity contribution in [3.8, 4) is 0 Å². The van der Waals surface area contributed by atoms with Gasteiger partial charge in [0.05, 0.1) is 0 Å². The average molecular weight is 391 g/mol. The zero-order valence-corrected chi connectivity index (χ0v) is 16.5. The highest BCUT2D eigenvalue weighted by Crippen LogP contribution is 2.54. The van der Waals surface area contributed by atoms with Gasteiger partial charge in [0.1, 0.15) is 0 Å². The molecule has 1 aromatic rings. The molecule has 0 unspecified atom stereocenters. The molecule has 0 aromatic heterocycles. The standard InChI is InChI=1S/C21H26O3S2/c22-17(9-5-2-6-10-20(23)24)21-16(18-11-12-19(21)26-18)13-14-25-15-7-3-1-4-8-15/h1,3-5,7-9,16,18-19,21H,2,6,10-14H2,(H,23,24)/t16-,18+,19-,21+/m1/s1. The van der Waals surface area contributed by atoms with E-state index >= 15 is 0 Å². The molecule has 26 heavy (non-hydrogen) atoms. The minimum Gasteiger partial charge on any atom is -0.481 e. The van der Waals surface area contributed by atoms with E-state index in [9.17, 15) is 9.59 Å². The first-order chi connectivity index (χ1) is 12.6. The number of rotatable bonds is 10. The second-order valence-corrected chi connectivity index (χ2v) is 9.67. The number of allylic oxidation sites excluding steroid dienone is 2. The summed E-state index contributed by atoms with van der Waals surface area (Å²) in [5, 5.41) is 9.80. The Hall–Kier alpha value is -1.20. The van der Waals surface area contributed by atoms with Gasteiger partial charge in [0, 0.05) is 27.7 Å². The molecule has 3 nitrogen and oxygen atoms in total. The molecule has 2 aliphatic rings. The number of carboxylic acids is 1. The summed E-state index contributed by atoms with van der Waals surface area (Å²) in [4.78, 5) is 24.6. The molecule has 0 aliphatic carbocycles. The van der Waals surface area contributed by atoms with E-state index in [1.807, 2.05) is 35.7 Å². The minimum atomic E-state index is -0.773. The molecular weight excluding hydrogens is 364 g/mol. The van der Waals surface area contributed by atoms with Gasteiger partial charge >= 0.3 is 5.97 Å². The molecular formula is C21H26O3S2. The minimum absolute atomic E-state index is 0.158. The maximum absolute atomic E-state index is 12.8. The first-order valence-corrected chi connectivity index (χ1v) is 11.3. The van der Waals surface area contributed by atoms with E-state index in [1.54, 1.807) is 6.08 Å². The maximum Gasteiger partial charge on any atom is 0.303 e. The van der Waals surface area contributed by atoms with Crippen molar-refractivity contribution in [3.63, 3.8) is 0 Å². The Balaban J connectivity index is 1.50. The van der Waals surface area contributed by atoms with Gasteiger partial charge in [0.15, 0.2) is 5.78 Å². The summed E-state index contributed by atoms with van der Waals surface area (Å²) in [6.45, 7) is 0. The van der Waals surface area contributed by atoms with Crippen LogP contribution in [0.1, 0.15) is 38.5 Å². The Morgan fingerprint density at radius 1 is 1.19 bits per heavy atom. The lowest BCUT2D eigenvalue weighted by Crippen LogP contribution is -2.33. The lowest BCUT2D eigenvalue weighted by atomic mass is 9.75. The molecule has 1 N–H and O–H groups in total. The zero-order chi connectivity index (χ0) is 18.4. The molecule has 1 aromatic carbocycles. The monoisotopic (exact) mass is 390 g/mol. The predicted molar refractivity (Wildman–Crippen MR) is 109 cm³/mol. The number of ketones is 1. The van der Waals surface area contributed by atoms with Crippen LogP contribution in [0.15, 0.2) is 47.4 Å². The van der Waals surface area contributed by atoms with Crippen molar-refractivity contribution in [1.29, 1.82) is 0 Å². The van der Waals surface area contributed by atoms with Crippen LogP contribution in [0.2, 0.25) is 0 Å². The van der Waals surface area contributed by atoms with E-state index < -0.39 is 5.97 Å². The quantitative estimate of drug-likeness (QED) is 0.344. The molecule has 0 radical (unpaired) electrons. The third-order valence-electron chi connectivity index (χ3n) is 5.26. The van der Waals surface area contributed by atoms with Crippen LogP contribution in [0.5, 0.6) is 0 Å². The van der Waals surface area contributed by atoms with E-state index in [1.165, 1.54) is 17.7 Å². The van der Waals surface area contributed by atoms with Crippen molar-refractivity contribution in [2.45, 2.75) is 53.9 Å². The average Bonchev–Trinajstić information content (AvgIpc) is 3.23. The van der Waals surface area contributed by atoms with Crippen LogP contribution in [0, 0.1) is 11.8 Å². The summed E-state index contributed by atoms with van der Waals surface area (Å²) in [5.74, 6) is 1.20. The van der Waals surface area contributed by atoms with Crippen molar-refractivity contribution in [2.24, 2.45) is 11.8 Å². The van der Waals surface area contributed by atoms with Gasteiger partial charge in [-0.1, -0.05) is 24.3 Å². The van der Waals surface area contributed by atoms with Gasteiger partial charge in [0.2, 0.25) is 0 Å². The van der Waals surface area contributed by atoms with Crippen LogP contribution in [-0.2, 0) is 9.59 Å². The largest absolute Gasteiger partial charge is 0.481 e. The zero-order valence-electron chi connectivity index (χ0n) is 14.9. The van der Waals surface area contributed by atoms with E-state index in [2.05, 4.69) is 24.3 Å². The predicted octanol–water partition coefficient (Wildman–Crippen LogP) is 5.06. The molecule has 2 fully saturated rings. The van der Waals surface area contributed by atoms with Gasteiger partial charge < -0.3 is 5.11 Å². The van der Waals surface area contributed by atoms with Crippen molar-refractivity contribution in [1.82, 2.24) is 0 Å². The Morgan fingerprint density at radius 2 is 1.96 bits per heavy atom. The van der Waals surface area contributed by atoms with Gasteiger partial charge in [0.25, 0.3) is 0 Å². The smallest absolute Gasteiger partial charge is 0.303 e. The van der Waals surface area contributed by atoms with Crippen molar-refractivity contribution >= 4 is 35.3 Å². The molecule has 2 aliphatic heterocycles. The van der Waals surface area contributed by atoms with Crippen LogP contribution in [0.25, 0.3) is 0 Å². The fourth-order valence-corrected chi connectivity index (χ4v) is 7.03. The van der Waals surface area contributed by atoms with Crippen molar-refractivity contribution in [3.05, 3.63) is 42.5 Å². The number of fused-ring (bicyclic) bond motifs is 2. The topological polar surface area (TPSA) is 54.4 Å². The van der Waals surface area contributed by atoms with Gasteiger partial charge in [-0.15, -0.1) is 11.8 Å². The highest BCUT2D eigenvalue weighted by Gasteiger charge is 2.50. The Kier molecular flexibility index (Phi) is 7.26. The number of aliphatic carboxylic acids is 1. The number of carbonyl (C=O) groups excluding carboxylic acids is 1. The third kappa shape index (κ3) is 5.17. The summed E-state index contributed by atoms with van der Waals surface area (Å²) >= 11 is 3.91. The van der Waals surface area contributed by atoms with Gasteiger partial charge in [-0.05, 0) is 62.0 Å². The maximum atomic E-state index is 12.8.